The smallest absolute Gasteiger partial charge is 0.148 e. The van der Waals surface area contributed by atoms with Crippen LogP contribution in [0, 0.1) is 0 Å². The molecule has 3 aromatic rings. The van der Waals surface area contributed by atoms with E-state index >= 15 is 0 Å². The van der Waals surface area contributed by atoms with Gasteiger partial charge in [-0.2, -0.15) is 0 Å². The lowest BCUT2D eigenvalue weighted by atomic mass is 10.1. The molecule has 0 fully saturated rings. The van der Waals surface area contributed by atoms with Crippen LogP contribution in [0.2, 0.25) is 0 Å². The molecule has 0 unspecified atom stereocenters. The van der Waals surface area contributed by atoms with Crippen molar-refractivity contribution in [3.05, 3.63) is 47.6 Å². The summed E-state index contributed by atoms with van der Waals surface area (Å²) in [6.07, 6.45) is 1.69. The molecule has 0 radical (unpaired) electrons. The van der Waals surface area contributed by atoms with Crippen LogP contribution in [0.5, 0.6) is 0 Å². The van der Waals surface area contributed by atoms with Gasteiger partial charge in [-0.05, 0) is 19.1 Å². The molecule has 6 nitrogen and oxygen atoms in total. The zero-order valence-corrected chi connectivity index (χ0v) is 13.0. The van der Waals surface area contributed by atoms with E-state index in [1.165, 1.54) is 0 Å². The summed E-state index contributed by atoms with van der Waals surface area (Å²) in [5, 5.41) is 17.6. The van der Waals surface area contributed by atoms with Crippen molar-refractivity contribution in [2.75, 3.05) is 0 Å². The Kier molecular flexibility index (Phi) is 2.85. The molecule has 0 saturated heterocycles. The van der Waals surface area contributed by atoms with Crippen LogP contribution in [0.3, 0.4) is 0 Å². The third-order valence-electron chi connectivity index (χ3n) is 4.28. The second-order valence-corrected chi connectivity index (χ2v) is 5.54. The van der Waals surface area contributed by atoms with Gasteiger partial charge in [0.1, 0.15) is 23.3 Å². The normalized spacial score (nSPS) is 13.4. The summed E-state index contributed by atoms with van der Waals surface area (Å²) in [5.74, 6) is 3.86. The van der Waals surface area contributed by atoms with Gasteiger partial charge >= 0.3 is 0 Å². The largest absolute Gasteiger partial charge is 0.280 e. The lowest BCUT2D eigenvalue weighted by Crippen LogP contribution is -2.07. The van der Waals surface area contributed by atoms with Gasteiger partial charge in [0.15, 0.2) is 0 Å². The fraction of sp³-hybridized carbons (Fsp3) is 0.375. The number of aryl methyl sites for hydroxylation is 2. The zero-order chi connectivity index (χ0) is 15.3. The van der Waals surface area contributed by atoms with Gasteiger partial charge in [0, 0.05) is 12.8 Å². The first-order valence-corrected chi connectivity index (χ1v) is 7.74. The van der Waals surface area contributed by atoms with Crippen molar-refractivity contribution in [2.45, 2.75) is 39.5 Å². The first-order chi connectivity index (χ1) is 10.8. The van der Waals surface area contributed by atoms with Crippen molar-refractivity contribution in [3.8, 4) is 11.4 Å². The maximum absolute atomic E-state index is 4.43. The molecule has 1 aliphatic heterocycles. The van der Waals surface area contributed by atoms with Gasteiger partial charge in [0.25, 0.3) is 0 Å². The van der Waals surface area contributed by atoms with E-state index in [1.54, 1.807) is 0 Å². The molecule has 0 bridgehead atoms. The highest BCUT2D eigenvalue weighted by atomic mass is 15.3. The van der Waals surface area contributed by atoms with Gasteiger partial charge in [-0.25, -0.2) is 0 Å². The highest BCUT2D eigenvalue weighted by molar-refractivity contribution is 5.56. The third-order valence-corrected chi connectivity index (χ3v) is 4.28. The molecule has 0 aliphatic carbocycles. The molecule has 3 heterocycles. The molecule has 1 aliphatic rings. The summed E-state index contributed by atoms with van der Waals surface area (Å²) >= 11 is 0. The third kappa shape index (κ3) is 1.60. The molecule has 1 aromatic carbocycles. The van der Waals surface area contributed by atoms with Gasteiger partial charge in [0.2, 0.25) is 0 Å². The summed E-state index contributed by atoms with van der Waals surface area (Å²) in [6.45, 7) is 6.33. The van der Waals surface area contributed by atoms with Crippen molar-refractivity contribution >= 4 is 0 Å². The monoisotopic (exact) mass is 294 g/mol. The summed E-state index contributed by atoms with van der Waals surface area (Å²) in [4.78, 5) is 0. The Morgan fingerprint density at radius 3 is 1.68 bits per heavy atom. The molecule has 22 heavy (non-hydrogen) atoms. The van der Waals surface area contributed by atoms with Gasteiger partial charge in [-0.3, -0.25) is 9.13 Å². The van der Waals surface area contributed by atoms with Crippen LogP contribution < -0.4 is 0 Å². The molecular weight excluding hydrogens is 276 g/mol. The minimum Gasteiger partial charge on any atom is -0.280 e. The number of hydrogen-bond donors (Lipinski definition) is 0. The van der Waals surface area contributed by atoms with Crippen LogP contribution in [0.4, 0.5) is 0 Å². The minimum absolute atomic E-state index is 0.0491. The molecule has 6 heteroatoms. The number of hydrogen-bond acceptors (Lipinski definition) is 4. The Bertz CT molecular complexity index is 775. The summed E-state index contributed by atoms with van der Waals surface area (Å²) in [6, 6.07) is 8.33. The molecule has 0 atom stereocenters. The van der Waals surface area contributed by atoms with Crippen LogP contribution in [-0.2, 0) is 12.8 Å². The van der Waals surface area contributed by atoms with E-state index in [9.17, 15) is 0 Å². The van der Waals surface area contributed by atoms with Gasteiger partial charge < -0.3 is 0 Å². The number of rotatable bonds is 2. The van der Waals surface area contributed by atoms with Crippen LogP contribution in [0.1, 0.15) is 50.0 Å². The number of nitrogens with zero attached hydrogens (tertiary/aromatic N) is 6. The average molecular weight is 294 g/mol. The molecule has 112 valence electrons. The Morgan fingerprint density at radius 1 is 0.818 bits per heavy atom. The Labute approximate surface area is 128 Å². The second-order valence-electron chi connectivity index (χ2n) is 5.54. The van der Waals surface area contributed by atoms with Crippen molar-refractivity contribution in [1.29, 1.82) is 0 Å². The highest BCUT2D eigenvalue weighted by Crippen LogP contribution is 2.34. The summed E-state index contributed by atoms with van der Waals surface area (Å²) < 4.78 is 4.35. The second kappa shape index (κ2) is 4.76. The van der Waals surface area contributed by atoms with Gasteiger partial charge in [0.05, 0.1) is 17.3 Å². The predicted octanol–water partition coefficient (Wildman–Crippen LogP) is 2.44. The van der Waals surface area contributed by atoms with E-state index < -0.39 is 0 Å². The fourth-order valence-electron chi connectivity index (χ4n) is 3.16. The van der Waals surface area contributed by atoms with Gasteiger partial charge in [-0.1, -0.05) is 26.0 Å². The first-order valence-electron chi connectivity index (χ1n) is 7.74. The quantitative estimate of drug-likeness (QED) is 0.728. The summed E-state index contributed by atoms with van der Waals surface area (Å²) in [5.41, 5.74) is 2.19. The number of fused-ring (bicyclic) bond motifs is 5. The first kappa shape index (κ1) is 13.2. The van der Waals surface area contributed by atoms with Crippen LogP contribution in [0.15, 0.2) is 24.3 Å². The van der Waals surface area contributed by atoms with Crippen molar-refractivity contribution in [3.63, 3.8) is 0 Å². The number of benzene rings is 1. The van der Waals surface area contributed by atoms with Crippen molar-refractivity contribution in [1.82, 2.24) is 29.5 Å². The molecule has 0 amide bonds. The van der Waals surface area contributed by atoms with E-state index in [0.29, 0.717) is 0 Å². The number of para-hydroxylation sites is 2. The molecule has 0 saturated carbocycles. The minimum atomic E-state index is 0.0491. The van der Waals surface area contributed by atoms with Crippen molar-refractivity contribution < 1.29 is 0 Å². The fourth-order valence-corrected chi connectivity index (χ4v) is 3.16. The Morgan fingerprint density at radius 2 is 1.27 bits per heavy atom. The van der Waals surface area contributed by atoms with Crippen LogP contribution >= 0.6 is 0 Å². The topological polar surface area (TPSA) is 61.4 Å². The standard InChI is InChI=1S/C16H18N6/c1-4-13-17-19-15-10(3)16-20-18-14(5-2)22(16)12-9-7-6-8-11(12)21(13)15/h6-10H,4-5H2,1-3H3. The maximum Gasteiger partial charge on any atom is 0.148 e. The van der Waals surface area contributed by atoms with Crippen molar-refractivity contribution in [2.24, 2.45) is 0 Å². The van der Waals surface area contributed by atoms with E-state index in [1.807, 2.05) is 12.1 Å². The molecular formula is C16H18N6. The van der Waals surface area contributed by atoms with E-state index in [4.69, 9.17) is 0 Å². The van der Waals surface area contributed by atoms with E-state index in [2.05, 4.69) is 62.4 Å². The predicted molar refractivity (Wildman–Crippen MR) is 82.5 cm³/mol. The molecule has 4 rings (SSSR count). The van der Waals surface area contributed by atoms with Crippen LogP contribution in [0.25, 0.3) is 11.4 Å². The number of aromatic nitrogens is 6. The zero-order valence-electron chi connectivity index (χ0n) is 13.0. The lowest BCUT2D eigenvalue weighted by molar-refractivity contribution is 0.723. The Hall–Kier alpha value is -2.50. The van der Waals surface area contributed by atoms with Gasteiger partial charge in [-0.15, -0.1) is 20.4 Å². The Balaban J connectivity index is 2.13. The SMILES string of the molecule is CCc1nnc2n1-c1ccccc1-n1c(CC)nnc1C2C. The summed E-state index contributed by atoms with van der Waals surface area (Å²) in [7, 11) is 0. The average Bonchev–Trinajstić information content (AvgIpc) is 3.15. The van der Waals surface area contributed by atoms with E-state index in [-0.39, 0.29) is 5.92 Å². The highest BCUT2D eigenvalue weighted by Gasteiger charge is 2.30. The van der Waals surface area contributed by atoms with Crippen LogP contribution in [-0.4, -0.2) is 29.5 Å². The molecule has 2 aromatic heterocycles. The molecule has 0 N–H and O–H groups in total. The van der Waals surface area contributed by atoms with E-state index in [0.717, 1.165) is 47.5 Å². The lowest BCUT2D eigenvalue weighted by Gasteiger charge is -2.13. The maximum atomic E-state index is 4.43. The molecule has 0 spiro atoms.